The molecule has 2 aromatic carbocycles. The van der Waals surface area contributed by atoms with Crippen LogP contribution in [-0.4, -0.2) is 5.91 Å². The molecule has 1 aliphatic heterocycles. The summed E-state index contributed by atoms with van der Waals surface area (Å²) >= 11 is 11.9. The number of nitrogens with one attached hydrogen (secondary N) is 1. The molecule has 1 aliphatic rings. The molecule has 0 bridgehead atoms. The molecule has 1 N–H and O–H groups in total. The Morgan fingerprint density at radius 3 is 2.43 bits per heavy atom. The van der Waals surface area contributed by atoms with Crippen LogP contribution in [0.2, 0.25) is 10.0 Å². The molecule has 2 nitrogen and oxygen atoms in total. The van der Waals surface area contributed by atoms with Crippen LogP contribution in [-0.2, 0) is 11.0 Å². The van der Waals surface area contributed by atoms with Crippen molar-refractivity contribution in [2.45, 2.75) is 6.18 Å². The molecular weight excluding hydrogens is 350 g/mol. The normalized spacial score (nSPS) is 15.7. The van der Waals surface area contributed by atoms with Crippen LogP contribution in [0.5, 0.6) is 0 Å². The van der Waals surface area contributed by atoms with E-state index >= 15 is 0 Å². The Balaban J connectivity index is 2.07. The van der Waals surface area contributed by atoms with Crippen LogP contribution < -0.4 is 5.32 Å². The summed E-state index contributed by atoms with van der Waals surface area (Å²) in [5.41, 5.74) is 0.504. The first-order valence-electron chi connectivity index (χ1n) is 6.45. The van der Waals surface area contributed by atoms with E-state index in [1.807, 2.05) is 0 Å². The molecule has 0 saturated carbocycles. The summed E-state index contributed by atoms with van der Waals surface area (Å²) in [6.45, 7) is 0. The molecule has 2 aromatic rings. The van der Waals surface area contributed by atoms with Crippen molar-refractivity contribution in [2.75, 3.05) is 5.32 Å². The smallest absolute Gasteiger partial charge is 0.321 e. The van der Waals surface area contributed by atoms with E-state index in [1.54, 1.807) is 12.1 Å². The number of fused-ring (bicyclic) bond motifs is 1. The van der Waals surface area contributed by atoms with Crippen molar-refractivity contribution in [1.82, 2.24) is 0 Å². The first kappa shape index (κ1) is 15.9. The monoisotopic (exact) mass is 357 g/mol. The molecule has 0 aliphatic carbocycles. The summed E-state index contributed by atoms with van der Waals surface area (Å²) in [5, 5.41) is 3.23. The molecule has 23 heavy (non-hydrogen) atoms. The lowest BCUT2D eigenvalue weighted by Gasteiger charge is -2.08. The van der Waals surface area contributed by atoms with Crippen molar-refractivity contribution >= 4 is 46.4 Å². The van der Waals surface area contributed by atoms with Crippen LogP contribution in [0, 0.1) is 0 Å². The molecule has 7 heteroatoms. The highest BCUT2D eigenvalue weighted by Gasteiger charge is 2.33. The van der Waals surface area contributed by atoms with Gasteiger partial charge in [-0.1, -0.05) is 35.3 Å². The Bertz CT molecular complexity index is 844. The van der Waals surface area contributed by atoms with Crippen molar-refractivity contribution in [2.24, 2.45) is 0 Å². The van der Waals surface area contributed by atoms with E-state index in [4.69, 9.17) is 23.2 Å². The van der Waals surface area contributed by atoms with Crippen molar-refractivity contribution in [3.8, 4) is 0 Å². The van der Waals surface area contributed by atoms with Crippen LogP contribution in [0.4, 0.5) is 18.9 Å². The van der Waals surface area contributed by atoms with Gasteiger partial charge in [-0.05, 0) is 35.9 Å². The summed E-state index contributed by atoms with van der Waals surface area (Å²) in [6, 6.07) is 7.89. The van der Waals surface area contributed by atoms with Crippen LogP contribution in [0.15, 0.2) is 36.4 Å². The minimum Gasteiger partial charge on any atom is -0.321 e. The van der Waals surface area contributed by atoms with Crippen LogP contribution in [0.3, 0.4) is 0 Å². The Morgan fingerprint density at radius 1 is 1.04 bits per heavy atom. The van der Waals surface area contributed by atoms with Gasteiger partial charge in [-0.25, -0.2) is 0 Å². The van der Waals surface area contributed by atoms with Gasteiger partial charge in [0.2, 0.25) is 0 Å². The Labute approximate surface area is 139 Å². The Hall–Kier alpha value is -1.98. The number of rotatable bonds is 1. The van der Waals surface area contributed by atoms with Crippen molar-refractivity contribution < 1.29 is 18.0 Å². The predicted molar refractivity (Wildman–Crippen MR) is 84.4 cm³/mol. The summed E-state index contributed by atoms with van der Waals surface area (Å²) in [6.07, 6.45) is -2.95. The number of carbonyl (C=O) groups excluding carboxylic acids is 1. The minimum absolute atomic E-state index is 0.126. The number of alkyl halides is 3. The number of carbonyl (C=O) groups is 1. The van der Waals surface area contributed by atoms with E-state index in [0.717, 1.165) is 12.1 Å². The number of amides is 1. The fraction of sp³-hybridized carbons (Fsp3) is 0.0625. The van der Waals surface area contributed by atoms with Crippen molar-refractivity contribution in [3.05, 3.63) is 63.1 Å². The zero-order valence-electron chi connectivity index (χ0n) is 11.3. The van der Waals surface area contributed by atoms with Crippen molar-refractivity contribution in [1.29, 1.82) is 0 Å². The molecule has 0 spiro atoms. The SMILES string of the molecule is O=C1Nc2cc(C(F)(F)F)ccc2/C1=C\c1ccc(Cl)cc1Cl. The predicted octanol–water partition coefficient (Wildman–Crippen LogP) is 5.50. The number of hydrogen-bond donors (Lipinski definition) is 1. The van der Waals surface area contributed by atoms with E-state index in [-0.39, 0.29) is 11.3 Å². The molecule has 0 saturated heterocycles. The van der Waals surface area contributed by atoms with E-state index < -0.39 is 17.6 Å². The van der Waals surface area contributed by atoms with E-state index in [0.29, 0.717) is 21.2 Å². The molecule has 1 amide bonds. The quantitative estimate of drug-likeness (QED) is 0.670. The Morgan fingerprint density at radius 2 is 1.78 bits per heavy atom. The van der Waals surface area contributed by atoms with Gasteiger partial charge in [-0.2, -0.15) is 13.2 Å². The average Bonchev–Trinajstić information content (AvgIpc) is 2.76. The van der Waals surface area contributed by atoms with Gasteiger partial charge in [0.25, 0.3) is 5.91 Å². The average molecular weight is 358 g/mol. The Kier molecular flexibility index (Phi) is 3.86. The third-order valence-electron chi connectivity index (χ3n) is 3.39. The largest absolute Gasteiger partial charge is 0.416 e. The van der Waals surface area contributed by atoms with Gasteiger partial charge in [0.1, 0.15) is 0 Å². The number of benzene rings is 2. The molecule has 118 valence electrons. The topological polar surface area (TPSA) is 29.1 Å². The minimum atomic E-state index is -4.47. The number of anilines is 1. The lowest BCUT2D eigenvalue weighted by Crippen LogP contribution is -2.06. The maximum absolute atomic E-state index is 12.7. The van der Waals surface area contributed by atoms with E-state index in [1.165, 1.54) is 18.2 Å². The zero-order chi connectivity index (χ0) is 16.8. The van der Waals surface area contributed by atoms with Crippen molar-refractivity contribution in [3.63, 3.8) is 0 Å². The second-order valence-corrected chi connectivity index (χ2v) is 5.78. The van der Waals surface area contributed by atoms with Gasteiger partial charge in [0.15, 0.2) is 0 Å². The first-order valence-corrected chi connectivity index (χ1v) is 7.21. The van der Waals surface area contributed by atoms with Gasteiger partial charge in [0, 0.05) is 26.9 Å². The molecular formula is C16H8Cl2F3NO. The number of halogens is 5. The van der Waals surface area contributed by atoms with Gasteiger partial charge in [-0.15, -0.1) is 0 Å². The van der Waals surface area contributed by atoms with E-state index in [9.17, 15) is 18.0 Å². The zero-order valence-corrected chi connectivity index (χ0v) is 12.9. The summed E-state index contributed by atoms with van der Waals surface area (Å²) < 4.78 is 38.2. The third kappa shape index (κ3) is 3.07. The molecule has 0 unspecified atom stereocenters. The van der Waals surface area contributed by atoms with Crippen LogP contribution in [0.1, 0.15) is 16.7 Å². The van der Waals surface area contributed by atoms with Crippen LogP contribution in [0.25, 0.3) is 11.6 Å². The lowest BCUT2D eigenvalue weighted by atomic mass is 10.0. The summed E-state index contributed by atoms with van der Waals surface area (Å²) in [5.74, 6) is -0.481. The second-order valence-electron chi connectivity index (χ2n) is 4.94. The fourth-order valence-electron chi connectivity index (χ4n) is 2.29. The van der Waals surface area contributed by atoms with Crippen LogP contribution >= 0.6 is 23.2 Å². The highest BCUT2D eigenvalue weighted by molar-refractivity contribution is 6.38. The highest BCUT2D eigenvalue weighted by atomic mass is 35.5. The van der Waals surface area contributed by atoms with Gasteiger partial charge < -0.3 is 5.32 Å². The molecule has 3 rings (SSSR count). The summed E-state index contributed by atoms with van der Waals surface area (Å²) in [7, 11) is 0. The fourth-order valence-corrected chi connectivity index (χ4v) is 2.75. The third-order valence-corrected chi connectivity index (χ3v) is 3.95. The van der Waals surface area contributed by atoms with Gasteiger partial charge in [0.05, 0.1) is 5.56 Å². The molecule has 0 atom stereocenters. The first-order chi connectivity index (χ1) is 10.8. The second kappa shape index (κ2) is 5.58. The maximum atomic E-state index is 12.7. The highest BCUT2D eigenvalue weighted by Crippen LogP contribution is 2.38. The maximum Gasteiger partial charge on any atom is 0.416 e. The van der Waals surface area contributed by atoms with Gasteiger partial charge >= 0.3 is 6.18 Å². The molecule has 0 fully saturated rings. The lowest BCUT2D eigenvalue weighted by molar-refractivity contribution is -0.137. The standard InChI is InChI=1S/C16H8Cl2F3NO/c17-10-3-1-8(13(18)7-10)5-12-11-4-2-9(16(19,20)21)6-14(11)22-15(12)23/h1-7H,(H,22,23)/b12-5+. The van der Waals surface area contributed by atoms with E-state index in [2.05, 4.69) is 5.32 Å². The number of hydrogen-bond acceptors (Lipinski definition) is 1. The summed E-state index contributed by atoms with van der Waals surface area (Å²) in [4.78, 5) is 12.0. The molecule has 0 aromatic heterocycles. The van der Waals surface area contributed by atoms with Gasteiger partial charge in [-0.3, -0.25) is 4.79 Å². The molecule has 1 heterocycles. The molecule has 0 radical (unpaired) electrons.